The fourth-order valence-corrected chi connectivity index (χ4v) is 3.88. The first-order valence-corrected chi connectivity index (χ1v) is 10.6. The number of anilines is 1. The van der Waals surface area contributed by atoms with Crippen molar-refractivity contribution in [2.75, 3.05) is 5.32 Å². The fourth-order valence-electron chi connectivity index (χ4n) is 3.74. The van der Waals surface area contributed by atoms with Crippen LogP contribution in [-0.4, -0.2) is 21.0 Å². The SMILES string of the molecule is Cc1cc([C@@H](C)Nc2ccc(Cl)nc2/C(N)=N/O)c2oc(-c3ccccn3)c(C)c(=O)c2c1. The van der Waals surface area contributed by atoms with Crippen LogP contribution in [0, 0.1) is 13.8 Å². The summed E-state index contributed by atoms with van der Waals surface area (Å²) in [5.74, 6) is 0.247. The van der Waals surface area contributed by atoms with Gasteiger partial charge in [0, 0.05) is 17.3 Å². The number of aryl methyl sites for hydroxylation is 1. The Morgan fingerprint density at radius 3 is 2.73 bits per heavy atom. The van der Waals surface area contributed by atoms with Gasteiger partial charge in [-0.1, -0.05) is 28.9 Å². The van der Waals surface area contributed by atoms with E-state index in [4.69, 9.17) is 27.0 Å². The molecule has 8 nitrogen and oxygen atoms in total. The van der Waals surface area contributed by atoms with Crippen LogP contribution >= 0.6 is 11.6 Å². The van der Waals surface area contributed by atoms with Crippen LogP contribution in [0.1, 0.15) is 35.3 Å². The van der Waals surface area contributed by atoms with Crippen molar-refractivity contribution in [2.45, 2.75) is 26.8 Å². The second kappa shape index (κ2) is 8.91. The molecule has 3 heterocycles. The molecule has 168 valence electrons. The molecule has 0 saturated heterocycles. The van der Waals surface area contributed by atoms with Crippen molar-refractivity contribution in [3.63, 3.8) is 0 Å². The number of nitrogens with one attached hydrogen (secondary N) is 1. The highest BCUT2D eigenvalue weighted by Gasteiger charge is 2.20. The molecule has 4 rings (SSSR count). The summed E-state index contributed by atoms with van der Waals surface area (Å²) in [6.07, 6.45) is 1.65. The molecule has 1 atom stereocenters. The smallest absolute Gasteiger partial charge is 0.196 e. The molecule has 0 saturated carbocycles. The molecule has 33 heavy (non-hydrogen) atoms. The summed E-state index contributed by atoms with van der Waals surface area (Å²) in [4.78, 5) is 21.7. The first kappa shape index (κ1) is 22.3. The minimum atomic E-state index is -0.331. The van der Waals surface area contributed by atoms with Crippen LogP contribution in [0.3, 0.4) is 0 Å². The van der Waals surface area contributed by atoms with E-state index in [0.29, 0.717) is 33.7 Å². The molecule has 0 spiro atoms. The second-order valence-corrected chi connectivity index (χ2v) is 8.10. The number of aromatic nitrogens is 2. The molecule has 0 aliphatic rings. The predicted molar refractivity (Wildman–Crippen MR) is 129 cm³/mol. The lowest BCUT2D eigenvalue weighted by Crippen LogP contribution is -2.19. The Kier molecular flexibility index (Phi) is 6.02. The molecule has 0 unspecified atom stereocenters. The van der Waals surface area contributed by atoms with Crippen molar-refractivity contribution >= 4 is 34.1 Å². The molecule has 1 aromatic carbocycles. The van der Waals surface area contributed by atoms with Crippen molar-refractivity contribution in [1.29, 1.82) is 0 Å². The lowest BCUT2D eigenvalue weighted by atomic mass is 9.99. The van der Waals surface area contributed by atoms with Gasteiger partial charge in [-0.3, -0.25) is 9.78 Å². The summed E-state index contributed by atoms with van der Waals surface area (Å²) in [7, 11) is 0. The highest BCUT2D eigenvalue weighted by Crippen LogP contribution is 2.32. The minimum Gasteiger partial charge on any atom is -0.454 e. The molecule has 9 heteroatoms. The lowest BCUT2D eigenvalue weighted by molar-refractivity contribution is 0.318. The van der Waals surface area contributed by atoms with Crippen LogP contribution in [0.4, 0.5) is 5.69 Å². The zero-order valence-corrected chi connectivity index (χ0v) is 19.0. The fraction of sp³-hybridized carbons (Fsp3) is 0.167. The number of amidine groups is 1. The maximum atomic E-state index is 13.2. The monoisotopic (exact) mass is 463 g/mol. The first-order valence-electron chi connectivity index (χ1n) is 10.2. The number of nitrogens with two attached hydrogens (primary N) is 1. The van der Waals surface area contributed by atoms with E-state index < -0.39 is 0 Å². The third-order valence-corrected chi connectivity index (χ3v) is 5.55. The molecule has 0 radical (unpaired) electrons. The Morgan fingerprint density at radius 2 is 2.03 bits per heavy atom. The summed E-state index contributed by atoms with van der Waals surface area (Å²) >= 11 is 5.99. The average molecular weight is 464 g/mol. The summed E-state index contributed by atoms with van der Waals surface area (Å²) < 4.78 is 6.29. The van der Waals surface area contributed by atoms with Gasteiger partial charge in [0.05, 0.1) is 17.1 Å². The van der Waals surface area contributed by atoms with Crippen LogP contribution in [0.2, 0.25) is 5.15 Å². The summed E-state index contributed by atoms with van der Waals surface area (Å²) in [5.41, 5.74) is 9.61. The molecule has 0 fully saturated rings. The molecule has 0 amide bonds. The molecule has 0 aliphatic carbocycles. The number of nitrogens with zero attached hydrogens (tertiary/aromatic N) is 3. The molecule has 0 bridgehead atoms. The molecular weight excluding hydrogens is 442 g/mol. The molecular formula is C24H22ClN5O3. The van der Waals surface area contributed by atoms with Gasteiger partial charge >= 0.3 is 0 Å². The van der Waals surface area contributed by atoms with Crippen molar-refractivity contribution in [3.05, 3.63) is 86.4 Å². The van der Waals surface area contributed by atoms with Crippen molar-refractivity contribution in [2.24, 2.45) is 10.9 Å². The number of pyridine rings is 2. The Labute approximate surface area is 194 Å². The van der Waals surface area contributed by atoms with Crippen LogP contribution in [-0.2, 0) is 0 Å². The number of fused-ring (bicyclic) bond motifs is 1. The number of benzene rings is 1. The number of rotatable bonds is 5. The summed E-state index contributed by atoms with van der Waals surface area (Å²) in [6.45, 7) is 5.57. The van der Waals surface area contributed by atoms with Crippen LogP contribution in [0.25, 0.3) is 22.4 Å². The topological polar surface area (TPSA) is 127 Å². The minimum absolute atomic E-state index is 0.112. The van der Waals surface area contributed by atoms with E-state index in [0.717, 1.165) is 11.1 Å². The number of hydrogen-bond acceptors (Lipinski definition) is 7. The quantitative estimate of drug-likeness (QED) is 0.128. The van der Waals surface area contributed by atoms with E-state index in [2.05, 4.69) is 20.4 Å². The van der Waals surface area contributed by atoms with E-state index in [9.17, 15) is 4.79 Å². The van der Waals surface area contributed by atoms with Gasteiger partial charge in [0.2, 0.25) is 0 Å². The highest BCUT2D eigenvalue weighted by molar-refractivity contribution is 6.29. The van der Waals surface area contributed by atoms with Crippen molar-refractivity contribution in [1.82, 2.24) is 9.97 Å². The van der Waals surface area contributed by atoms with Gasteiger partial charge in [-0.05, 0) is 56.7 Å². The largest absolute Gasteiger partial charge is 0.454 e. The van der Waals surface area contributed by atoms with E-state index in [-0.39, 0.29) is 28.2 Å². The van der Waals surface area contributed by atoms with Crippen LogP contribution < -0.4 is 16.5 Å². The van der Waals surface area contributed by atoms with Gasteiger partial charge in [0.25, 0.3) is 0 Å². The van der Waals surface area contributed by atoms with E-state index in [1.165, 1.54) is 0 Å². The number of halogens is 1. The van der Waals surface area contributed by atoms with Gasteiger partial charge < -0.3 is 20.7 Å². The maximum absolute atomic E-state index is 13.2. The molecule has 4 N–H and O–H groups in total. The summed E-state index contributed by atoms with van der Waals surface area (Å²) in [5, 5.41) is 16.2. The van der Waals surface area contributed by atoms with E-state index in [1.54, 1.807) is 37.4 Å². The normalized spacial score (nSPS) is 12.7. The van der Waals surface area contributed by atoms with Crippen LogP contribution in [0.15, 0.2) is 63.0 Å². The van der Waals surface area contributed by atoms with Gasteiger partial charge in [0.15, 0.2) is 17.0 Å². The molecule has 4 aromatic rings. The average Bonchev–Trinajstić information content (AvgIpc) is 2.82. The van der Waals surface area contributed by atoms with Gasteiger partial charge in [-0.25, -0.2) is 4.98 Å². The van der Waals surface area contributed by atoms with Crippen molar-refractivity contribution in [3.8, 4) is 11.5 Å². The third kappa shape index (κ3) is 4.25. The zero-order chi connectivity index (χ0) is 23.7. The standard InChI is InChI=1S/C24H22ClN5O3/c1-12-10-15(14(3)28-17-7-8-19(25)29-20(17)24(26)30-32)23-16(11-12)21(31)13(2)22(33-23)18-6-4-5-9-27-18/h4-11,14,28,32H,1-3H3,(H2,26,30)/t14-/m1/s1. The zero-order valence-electron chi connectivity index (χ0n) is 18.3. The lowest BCUT2D eigenvalue weighted by Gasteiger charge is -2.20. The first-order chi connectivity index (χ1) is 15.8. The Hall–Kier alpha value is -3.91. The van der Waals surface area contributed by atoms with Gasteiger partial charge in [-0.15, -0.1) is 0 Å². The van der Waals surface area contributed by atoms with Crippen LogP contribution in [0.5, 0.6) is 0 Å². The molecule has 3 aromatic heterocycles. The summed E-state index contributed by atoms with van der Waals surface area (Å²) in [6, 6.07) is 12.2. The second-order valence-electron chi connectivity index (χ2n) is 7.71. The maximum Gasteiger partial charge on any atom is 0.196 e. The molecule has 0 aliphatic heterocycles. The Balaban J connectivity index is 1.88. The van der Waals surface area contributed by atoms with E-state index >= 15 is 0 Å². The third-order valence-electron chi connectivity index (χ3n) is 5.34. The van der Waals surface area contributed by atoms with Crippen molar-refractivity contribution < 1.29 is 9.62 Å². The highest BCUT2D eigenvalue weighted by atomic mass is 35.5. The van der Waals surface area contributed by atoms with Gasteiger partial charge in [0.1, 0.15) is 22.1 Å². The Morgan fingerprint density at radius 1 is 1.24 bits per heavy atom. The number of hydrogen-bond donors (Lipinski definition) is 3. The van der Waals surface area contributed by atoms with Gasteiger partial charge in [-0.2, -0.15) is 0 Å². The number of oxime groups is 1. The Bertz CT molecular complexity index is 1430. The van der Waals surface area contributed by atoms with E-state index in [1.807, 2.05) is 32.0 Å². The predicted octanol–water partition coefficient (Wildman–Crippen LogP) is 4.79.